The van der Waals surface area contributed by atoms with Crippen molar-refractivity contribution in [1.82, 2.24) is 10.2 Å². The maximum Gasteiger partial charge on any atom is 0.258 e. The van der Waals surface area contributed by atoms with Gasteiger partial charge in [-0.25, -0.2) is 4.39 Å². The van der Waals surface area contributed by atoms with Gasteiger partial charge in [-0.05, 0) is 31.2 Å². The fraction of sp³-hybridized carbons (Fsp3) is 0.0455. The van der Waals surface area contributed by atoms with Gasteiger partial charge in [0.25, 0.3) is 5.91 Å². The summed E-state index contributed by atoms with van der Waals surface area (Å²) >= 11 is 5.83. The molecule has 0 saturated heterocycles. The predicted octanol–water partition coefficient (Wildman–Crippen LogP) is 5.65. The quantitative estimate of drug-likeness (QED) is 0.491. The lowest BCUT2D eigenvalue weighted by Crippen LogP contribution is -2.15. The zero-order valence-electron chi connectivity index (χ0n) is 14.9. The molecule has 0 aliphatic rings. The fourth-order valence-electron chi connectivity index (χ4n) is 2.96. The summed E-state index contributed by atoms with van der Waals surface area (Å²) in [6, 6.07) is 19.1. The molecule has 138 valence electrons. The van der Waals surface area contributed by atoms with Gasteiger partial charge in [-0.3, -0.25) is 4.79 Å². The van der Waals surface area contributed by atoms with Gasteiger partial charge in [0.1, 0.15) is 11.5 Å². The standard InChI is InChI=1S/C22H15ClFN3O/c1-13-6-8-14(9-7-13)21-20(16-4-2-3-5-19(16)26-27-21)22(28)25-15-10-11-18(24)17(23)12-15/h2-12H,1H3,(H,25,28). The van der Waals surface area contributed by atoms with E-state index in [1.807, 2.05) is 49.4 Å². The van der Waals surface area contributed by atoms with E-state index < -0.39 is 5.82 Å². The molecular formula is C22H15ClFN3O. The molecule has 1 amide bonds. The minimum atomic E-state index is -0.545. The maximum atomic E-state index is 13.4. The van der Waals surface area contributed by atoms with Crippen LogP contribution in [0.25, 0.3) is 22.2 Å². The number of aromatic nitrogens is 2. The van der Waals surface area contributed by atoms with Crippen molar-refractivity contribution in [1.29, 1.82) is 0 Å². The van der Waals surface area contributed by atoms with Crippen molar-refractivity contribution in [2.75, 3.05) is 5.32 Å². The number of aryl methyl sites for hydroxylation is 1. The van der Waals surface area contributed by atoms with E-state index in [1.165, 1.54) is 18.2 Å². The Morgan fingerprint density at radius 3 is 2.50 bits per heavy atom. The molecule has 6 heteroatoms. The molecule has 1 heterocycles. The molecule has 0 saturated carbocycles. The number of carbonyl (C=O) groups is 1. The van der Waals surface area contributed by atoms with Crippen molar-refractivity contribution in [3.05, 3.63) is 88.7 Å². The summed E-state index contributed by atoms with van der Waals surface area (Å²) in [5, 5.41) is 12.0. The Kier molecular flexibility index (Phi) is 4.75. The second kappa shape index (κ2) is 7.37. The fourth-order valence-corrected chi connectivity index (χ4v) is 3.15. The summed E-state index contributed by atoms with van der Waals surface area (Å²) in [6.45, 7) is 1.99. The molecule has 3 aromatic carbocycles. The molecule has 0 fully saturated rings. The van der Waals surface area contributed by atoms with Gasteiger partial charge in [0.05, 0.1) is 16.1 Å². The van der Waals surface area contributed by atoms with Crippen LogP contribution in [0.5, 0.6) is 0 Å². The molecule has 0 atom stereocenters. The Hall–Kier alpha value is -3.31. The molecule has 0 radical (unpaired) electrons. The number of rotatable bonds is 3. The van der Waals surface area contributed by atoms with E-state index in [0.29, 0.717) is 27.8 Å². The molecule has 1 N–H and O–H groups in total. The first-order valence-corrected chi connectivity index (χ1v) is 8.99. The predicted molar refractivity (Wildman–Crippen MR) is 109 cm³/mol. The van der Waals surface area contributed by atoms with Crippen LogP contribution in [0.4, 0.5) is 10.1 Å². The number of benzene rings is 3. The molecule has 0 aliphatic heterocycles. The molecule has 0 unspecified atom stereocenters. The highest BCUT2D eigenvalue weighted by atomic mass is 35.5. The van der Waals surface area contributed by atoms with E-state index >= 15 is 0 Å². The molecule has 0 aliphatic carbocycles. The average Bonchev–Trinajstić information content (AvgIpc) is 2.70. The third kappa shape index (κ3) is 3.44. The number of fused-ring (bicyclic) bond motifs is 1. The van der Waals surface area contributed by atoms with E-state index in [9.17, 15) is 9.18 Å². The molecule has 4 rings (SSSR count). The van der Waals surface area contributed by atoms with E-state index in [-0.39, 0.29) is 10.9 Å². The topological polar surface area (TPSA) is 54.9 Å². The van der Waals surface area contributed by atoms with Gasteiger partial charge in [-0.1, -0.05) is 59.6 Å². The number of anilines is 1. The summed E-state index contributed by atoms with van der Waals surface area (Å²) < 4.78 is 13.4. The van der Waals surface area contributed by atoms with Gasteiger partial charge in [0, 0.05) is 16.6 Å². The Labute approximate surface area is 166 Å². The summed E-state index contributed by atoms with van der Waals surface area (Å²) in [4.78, 5) is 13.2. The minimum Gasteiger partial charge on any atom is -0.322 e. The van der Waals surface area contributed by atoms with Gasteiger partial charge >= 0.3 is 0 Å². The minimum absolute atomic E-state index is 0.0609. The van der Waals surface area contributed by atoms with E-state index in [4.69, 9.17) is 11.6 Å². The molecule has 4 aromatic rings. The summed E-state index contributed by atoms with van der Waals surface area (Å²) in [5.74, 6) is -0.916. The van der Waals surface area contributed by atoms with Crippen LogP contribution in [0.15, 0.2) is 66.7 Å². The van der Waals surface area contributed by atoms with Crippen LogP contribution in [-0.4, -0.2) is 16.1 Å². The Bertz CT molecular complexity index is 1190. The van der Waals surface area contributed by atoms with Gasteiger partial charge in [-0.15, -0.1) is 10.2 Å². The van der Waals surface area contributed by atoms with Crippen LogP contribution in [0.1, 0.15) is 15.9 Å². The number of nitrogens with zero attached hydrogens (tertiary/aromatic N) is 2. The largest absolute Gasteiger partial charge is 0.322 e. The van der Waals surface area contributed by atoms with Crippen LogP contribution in [0.3, 0.4) is 0 Å². The summed E-state index contributed by atoms with van der Waals surface area (Å²) in [7, 11) is 0. The van der Waals surface area contributed by atoms with Gasteiger partial charge in [0.15, 0.2) is 0 Å². The highest BCUT2D eigenvalue weighted by molar-refractivity contribution is 6.31. The molecule has 4 nitrogen and oxygen atoms in total. The number of hydrogen-bond donors (Lipinski definition) is 1. The van der Waals surface area contributed by atoms with E-state index in [0.717, 1.165) is 11.1 Å². The van der Waals surface area contributed by atoms with Crippen molar-refractivity contribution in [3.63, 3.8) is 0 Å². The van der Waals surface area contributed by atoms with Crippen molar-refractivity contribution >= 4 is 34.1 Å². The molecule has 0 bridgehead atoms. The third-order valence-corrected chi connectivity index (χ3v) is 4.69. The number of carbonyl (C=O) groups excluding carboxylic acids is 1. The van der Waals surface area contributed by atoms with E-state index in [1.54, 1.807) is 6.07 Å². The Morgan fingerprint density at radius 1 is 1.00 bits per heavy atom. The number of nitrogens with one attached hydrogen (secondary N) is 1. The van der Waals surface area contributed by atoms with Crippen molar-refractivity contribution < 1.29 is 9.18 Å². The smallest absolute Gasteiger partial charge is 0.258 e. The van der Waals surface area contributed by atoms with Crippen LogP contribution < -0.4 is 5.32 Å². The Balaban J connectivity index is 1.85. The lowest BCUT2D eigenvalue weighted by atomic mass is 10.0. The van der Waals surface area contributed by atoms with Gasteiger partial charge < -0.3 is 5.32 Å². The summed E-state index contributed by atoms with van der Waals surface area (Å²) in [5.41, 5.74) is 3.77. The van der Waals surface area contributed by atoms with Crippen LogP contribution >= 0.6 is 11.6 Å². The number of hydrogen-bond acceptors (Lipinski definition) is 3. The lowest BCUT2D eigenvalue weighted by Gasteiger charge is -2.12. The average molecular weight is 392 g/mol. The van der Waals surface area contributed by atoms with Crippen LogP contribution in [0.2, 0.25) is 5.02 Å². The first-order valence-electron chi connectivity index (χ1n) is 8.62. The van der Waals surface area contributed by atoms with Crippen molar-refractivity contribution in [2.24, 2.45) is 0 Å². The third-order valence-electron chi connectivity index (χ3n) is 4.40. The highest BCUT2D eigenvalue weighted by Gasteiger charge is 2.19. The second-order valence-electron chi connectivity index (χ2n) is 6.39. The van der Waals surface area contributed by atoms with Gasteiger partial charge in [0.2, 0.25) is 0 Å². The van der Waals surface area contributed by atoms with Crippen LogP contribution in [-0.2, 0) is 0 Å². The molecule has 28 heavy (non-hydrogen) atoms. The lowest BCUT2D eigenvalue weighted by molar-refractivity contribution is 0.102. The Morgan fingerprint density at radius 2 is 1.75 bits per heavy atom. The number of amides is 1. The highest BCUT2D eigenvalue weighted by Crippen LogP contribution is 2.28. The monoisotopic (exact) mass is 391 g/mol. The normalized spacial score (nSPS) is 10.8. The number of halogens is 2. The van der Waals surface area contributed by atoms with Gasteiger partial charge in [-0.2, -0.15) is 0 Å². The van der Waals surface area contributed by atoms with Crippen LogP contribution in [0, 0.1) is 12.7 Å². The zero-order chi connectivity index (χ0) is 19.7. The molecule has 0 spiro atoms. The maximum absolute atomic E-state index is 13.4. The van der Waals surface area contributed by atoms with Crippen molar-refractivity contribution in [3.8, 4) is 11.3 Å². The summed E-state index contributed by atoms with van der Waals surface area (Å²) in [6.07, 6.45) is 0. The first-order chi connectivity index (χ1) is 13.5. The van der Waals surface area contributed by atoms with Crippen molar-refractivity contribution in [2.45, 2.75) is 6.92 Å². The first kappa shape index (κ1) is 18.1. The second-order valence-corrected chi connectivity index (χ2v) is 6.80. The molecular weight excluding hydrogens is 377 g/mol. The van der Waals surface area contributed by atoms with E-state index in [2.05, 4.69) is 15.5 Å². The molecule has 1 aromatic heterocycles. The SMILES string of the molecule is Cc1ccc(-c2nnc3ccccc3c2C(=O)Nc2ccc(F)c(Cl)c2)cc1. The zero-order valence-corrected chi connectivity index (χ0v) is 15.7.